The first-order valence-corrected chi connectivity index (χ1v) is 8.90. The summed E-state index contributed by atoms with van der Waals surface area (Å²) in [6.45, 7) is 3.49. The Balaban J connectivity index is 1.63. The minimum absolute atomic E-state index is 0.0353. The average molecular weight is 342 g/mol. The molecule has 1 aromatic carbocycles. The lowest BCUT2D eigenvalue weighted by Gasteiger charge is -2.18. The van der Waals surface area contributed by atoms with Crippen LogP contribution in [-0.2, 0) is 11.8 Å². The van der Waals surface area contributed by atoms with E-state index in [1.165, 1.54) is 0 Å². The summed E-state index contributed by atoms with van der Waals surface area (Å²) in [5.41, 5.74) is 1.58. The maximum atomic E-state index is 12.7. The Morgan fingerprint density at radius 3 is 2.96 bits per heavy atom. The van der Waals surface area contributed by atoms with Gasteiger partial charge < -0.3 is 9.64 Å². The number of benzene rings is 1. The summed E-state index contributed by atoms with van der Waals surface area (Å²) in [6.07, 6.45) is 4.68. The molecule has 0 unspecified atom stereocenters. The molecule has 0 spiro atoms. The first-order chi connectivity index (χ1) is 12.0. The number of rotatable bonds is 6. The molecule has 25 heavy (non-hydrogen) atoms. The zero-order valence-corrected chi connectivity index (χ0v) is 15.2. The van der Waals surface area contributed by atoms with Crippen LogP contribution in [0.3, 0.4) is 0 Å². The van der Waals surface area contributed by atoms with E-state index in [1.54, 1.807) is 9.58 Å². The predicted molar refractivity (Wildman–Crippen MR) is 96.3 cm³/mol. The van der Waals surface area contributed by atoms with Crippen molar-refractivity contribution in [2.45, 2.75) is 38.7 Å². The number of nitrogens with zero attached hydrogens (tertiary/aromatic N) is 4. The van der Waals surface area contributed by atoms with E-state index >= 15 is 0 Å². The number of aromatic nitrogens is 3. The van der Waals surface area contributed by atoms with E-state index in [1.807, 2.05) is 45.3 Å². The van der Waals surface area contributed by atoms with Crippen molar-refractivity contribution in [3.63, 3.8) is 0 Å². The summed E-state index contributed by atoms with van der Waals surface area (Å²) in [5.74, 6) is 1.53. The predicted octanol–water partition coefficient (Wildman–Crippen LogP) is 2.82. The quantitative estimate of drug-likeness (QED) is 0.810. The van der Waals surface area contributed by atoms with Crippen LogP contribution in [0, 0.1) is 6.92 Å². The van der Waals surface area contributed by atoms with Crippen LogP contribution in [0.1, 0.15) is 41.9 Å². The van der Waals surface area contributed by atoms with Crippen LogP contribution in [0.2, 0.25) is 0 Å². The smallest absolute Gasteiger partial charge is 0.253 e. The van der Waals surface area contributed by atoms with E-state index in [-0.39, 0.29) is 5.91 Å². The molecule has 1 amide bonds. The van der Waals surface area contributed by atoms with E-state index in [2.05, 4.69) is 10.1 Å². The highest BCUT2D eigenvalue weighted by molar-refractivity contribution is 5.95. The van der Waals surface area contributed by atoms with Crippen molar-refractivity contribution in [2.24, 2.45) is 7.05 Å². The molecule has 0 N–H and O–H groups in total. The molecular weight excluding hydrogens is 316 g/mol. The monoisotopic (exact) mass is 342 g/mol. The molecule has 1 aromatic heterocycles. The highest BCUT2D eigenvalue weighted by Crippen LogP contribution is 2.20. The Labute approximate surface area is 148 Å². The fourth-order valence-electron chi connectivity index (χ4n) is 3.31. The van der Waals surface area contributed by atoms with Gasteiger partial charge in [-0.1, -0.05) is 12.1 Å². The Bertz CT molecular complexity index is 735. The maximum Gasteiger partial charge on any atom is 0.253 e. The number of amides is 1. The number of aryl methyl sites for hydroxylation is 2. The van der Waals surface area contributed by atoms with Gasteiger partial charge in [0.2, 0.25) is 0 Å². The van der Waals surface area contributed by atoms with Gasteiger partial charge in [-0.25, -0.2) is 9.67 Å². The lowest BCUT2D eigenvalue weighted by Crippen LogP contribution is -2.28. The van der Waals surface area contributed by atoms with E-state index < -0.39 is 0 Å². The third kappa shape index (κ3) is 4.25. The molecule has 6 nitrogen and oxygen atoms in total. The van der Waals surface area contributed by atoms with Crippen molar-refractivity contribution < 1.29 is 9.53 Å². The van der Waals surface area contributed by atoms with Gasteiger partial charge in [0.25, 0.3) is 5.91 Å². The van der Waals surface area contributed by atoms with Crippen LogP contribution in [0.15, 0.2) is 24.3 Å². The molecule has 1 aliphatic rings. The molecule has 1 saturated heterocycles. The first-order valence-electron chi connectivity index (χ1n) is 8.90. The largest absolute Gasteiger partial charge is 0.378 e. The Hall–Kier alpha value is -2.21. The van der Waals surface area contributed by atoms with E-state index in [9.17, 15) is 4.79 Å². The second-order valence-electron chi connectivity index (χ2n) is 6.69. The average Bonchev–Trinajstić information content (AvgIpc) is 3.23. The van der Waals surface area contributed by atoms with Crippen molar-refractivity contribution in [1.82, 2.24) is 19.7 Å². The number of hydrogen-bond acceptors (Lipinski definition) is 4. The van der Waals surface area contributed by atoms with Crippen molar-refractivity contribution >= 4 is 5.91 Å². The van der Waals surface area contributed by atoms with E-state index in [0.717, 1.165) is 56.0 Å². The molecule has 134 valence electrons. The van der Waals surface area contributed by atoms with Crippen LogP contribution < -0.4 is 0 Å². The van der Waals surface area contributed by atoms with Crippen molar-refractivity contribution in [3.8, 4) is 11.4 Å². The number of ether oxygens (including phenoxy) is 1. The van der Waals surface area contributed by atoms with Gasteiger partial charge in [0.05, 0.1) is 6.10 Å². The van der Waals surface area contributed by atoms with Crippen LogP contribution in [-0.4, -0.2) is 51.9 Å². The molecule has 2 aromatic rings. The summed E-state index contributed by atoms with van der Waals surface area (Å²) in [6, 6.07) is 7.60. The van der Waals surface area contributed by atoms with Crippen LogP contribution in [0.5, 0.6) is 0 Å². The van der Waals surface area contributed by atoms with E-state index in [4.69, 9.17) is 4.74 Å². The Morgan fingerprint density at radius 1 is 1.44 bits per heavy atom. The molecule has 0 saturated carbocycles. The fourth-order valence-corrected chi connectivity index (χ4v) is 3.31. The number of hydrogen-bond donors (Lipinski definition) is 0. The van der Waals surface area contributed by atoms with Crippen molar-refractivity contribution in [3.05, 3.63) is 35.7 Å². The topological polar surface area (TPSA) is 60.3 Å². The highest BCUT2D eigenvalue weighted by atomic mass is 16.5. The van der Waals surface area contributed by atoms with Gasteiger partial charge in [0.15, 0.2) is 5.82 Å². The van der Waals surface area contributed by atoms with Gasteiger partial charge in [-0.15, -0.1) is 0 Å². The third-order valence-corrected chi connectivity index (χ3v) is 4.63. The van der Waals surface area contributed by atoms with Gasteiger partial charge in [0.1, 0.15) is 5.82 Å². The van der Waals surface area contributed by atoms with Crippen LogP contribution in [0.25, 0.3) is 11.4 Å². The second-order valence-corrected chi connectivity index (χ2v) is 6.69. The highest BCUT2D eigenvalue weighted by Gasteiger charge is 2.17. The van der Waals surface area contributed by atoms with Gasteiger partial charge in [-0.2, -0.15) is 5.10 Å². The molecule has 6 heteroatoms. The Kier molecular flexibility index (Phi) is 5.48. The normalized spacial score (nSPS) is 17.0. The number of carbonyl (C=O) groups excluding carboxylic acids is 1. The molecule has 0 aliphatic carbocycles. The lowest BCUT2D eigenvalue weighted by molar-refractivity contribution is 0.0763. The maximum absolute atomic E-state index is 12.7. The summed E-state index contributed by atoms with van der Waals surface area (Å²) in [4.78, 5) is 18.9. The lowest BCUT2D eigenvalue weighted by atomic mass is 10.1. The van der Waals surface area contributed by atoms with Crippen LogP contribution >= 0.6 is 0 Å². The van der Waals surface area contributed by atoms with Gasteiger partial charge >= 0.3 is 0 Å². The molecule has 1 atom stereocenters. The van der Waals surface area contributed by atoms with Gasteiger partial charge in [0, 0.05) is 38.4 Å². The summed E-state index contributed by atoms with van der Waals surface area (Å²) in [5, 5.41) is 4.27. The van der Waals surface area contributed by atoms with Crippen molar-refractivity contribution in [1.29, 1.82) is 0 Å². The van der Waals surface area contributed by atoms with Crippen LogP contribution in [0.4, 0.5) is 0 Å². The molecule has 0 bridgehead atoms. The standard InChI is InChI=1S/C19H26N4O2/c1-14-20-18(23(3)21-14)15-7-4-8-16(13-15)19(24)22(2)11-5-9-17-10-6-12-25-17/h4,7-8,13,17H,5-6,9-12H2,1-3H3/t17-/m1/s1. The molecular formula is C19H26N4O2. The van der Waals surface area contributed by atoms with Gasteiger partial charge in [-0.05, 0) is 44.7 Å². The molecule has 0 radical (unpaired) electrons. The van der Waals surface area contributed by atoms with Crippen molar-refractivity contribution in [2.75, 3.05) is 20.2 Å². The molecule has 2 heterocycles. The number of carbonyl (C=O) groups is 1. The first kappa shape index (κ1) is 17.6. The molecule has 1 fully saturated rings. The zero-order valence-electron chi connectivity index (χ0n) is 15.2. The molecule has 1 aliphatic heterocycles. The fraction of sp³-hybridized carbons (Fsp3) is 0.526. The SMILES string of the molecule is Cc1nc(-c2cccc(C(=O)N(C)CCC[C@@H]3CCCO3)c2)n(C)n1. The zero-order chi connectivity index (χ0) is 17.8. The summed E-state index contributed by atoms with van der Waals surface area (Å²) >= 11 is 0. The Morgan fingerprint density at radius 2 is 2.28 bits per heavy atom. The molecule has 3 rings (SSSR count). The second kappa shape index (κ2) is 7.78. The van der Waals surface area contributed by atoms with E-state index in [0.29, 0.717) is 11.7 Å². The minimum Gasteiger partial charge on any atom is -0.378 e. The summed E-state index contributed by atoms with van der Waals surface area (Å²) in [7, 11) is 3.72. The summed E-state index contributed by atoms with van der Waals surface area (Å²) < 4.78 is 7.38. The van der Waals surface area contributed by atoms with Gasteiger partial charge in [-0.3, -0.25) is 4.79 Å². The third-order valence-electron chi connectivity index (χ3n) is 4.63. The minimum atomic E-state index is 0.0353.